The zero-order valence-corrected chi connectivity index (χ0v) is 16.0. The van der Waals surface area contributed by atoms with Gasteiger partial charge in [-0.1, -0.05) is 18.2 Å². The van der Waals surface area contributed by atoms with Gasteiger partial charge in [-0.3, -0.25) is 19.6 Å². The highest BCUT2D eigenvalue weighted by Gasteiger charge is 2.26. The maximum atomic E-state index is 12.8. The maximum absolute atomic E-state index is 12.8. The van der Waals surface area contributed by atoms with Crippen LogP contribution in [0.5, 0.6) is 0 Å². The Kier molecular flexibility index (Phi) is 5.33. The second-order valence-electron chi connectivity index (χ2n) is 7.22. The van der Waals surface area contributed by atoms with Gasteiger partial charge in [0.25, 0.3) is 5.91 Å². The molecule has 1 saturated heterocycles. The molecule has 29 heavy (non-hydrogen) atoms. The van der Waals surface area contributed by atoms with Crippen molar-refractivity contribution in [3.63, 3.8) is 0 Å². The van der Waals surface area contributed by atoms with Gasteiger partial charge < -0.3 is 10.6 Å². The van der Waals surface area contributed by atoms with E-state index >= 15 is 0 Å². The fourth-order valence-corrected chi connectivity index (χ4v) is 3.75. The van der Waals surface area contributed by atoms with Crippen LogP contribution in [0.25, 0.3) is 11.3 Å². The van der Waals surface area contributed by atoms with Crippen molar-refractivity contribution in [1.82, 2.24) is 14.9 Å². The van der Waals surface area contributed by atoms with Gasteiger partial charge in [-0.25, -0.2) is 0 Å². The predicted molar refractivity (Wildman–Crippen MR) is 110 cm³/mol. The lowest BCUT2D eigenvalue weighted by Crippen LogP contribution is -2.39. The molecule has 1 atom stereocenters. The van der Waals surface area contributed by atoms with Gasteiger partial charge in [0.2, 0.25) is 5.91 Å². The van der Waals surface area contributed by atoms with Gasteiger partial charge in [-0.2, -0.15) is 0 Å². The molecule has 6 nitrogen and oxygen atoms in total. The van der Waals surface area contributed by atoms with Crippen molar-refractivity contribution >= 4 is 11.8 Å². The summed E-state index contributed by atoms with van der Waals surface area (Å²) < 4.78 is 0. The van der Waals surface area contributed by atoms with Crippen molar-refractivity contribution in [3.8, 4) is 11.3 Å². The van der Waals surface area contributed by atoms with E-state index in [1.54, 1.807) is 42.7 Å². The molecule has 1 aliphatic rings. The lowest BCUT2D eigenvalue weighted by Gasteiger charge is -2.32. The number of amides is 2. The Bertz CT molecular complexity index is 1040. The molecular formula is C23H22N4O2. The highest BCUT2D eigenvalue weighted by atomic mass is 16.2. The minimum Gasteiger partial charge on any atom is -0.366 e. The molecule has 3 heterocycles. The molecule has 0 radical (unpaired) electrons. The number of benzene rings is 1. The number of aromatic nitrogens is 2. The van der Waals surface area contributed by atoms with Crippen molar-refractivity contribution in [2.24, 2.45) is 5.73 Å². The Labute approximate surface area is 169 Å². The lowest BCUT2D eigenvalue weighted by molar-refractivity contribution is 0.0705. The second kappa shape index (κ2) is 8.22. The molecule has 0 unspecified atom stereocenters. The number of hydrogen-bond donors (Lipinski definition) is 1. The van der Waals surface area contributed by atoms with Crippen molar-refractivity contribution in [3.05, 3.63) is 83.8 Å². The van der Waals surface area contributed by atoms with E-state index in [9.17, 15) is 9.59 Å². The van der Waals surface area contributed by atoms with Gasteiger partial charge >= 0.3 is 0 Å². The summed E-state index contributed by atoms with van der Waals surface area (Å²) in [6, 6.07) is 16.6. The summed E-state index contributed by atoms with van der Waals surface area (Å²) in [5, 5.41) is 0. The van der Waals surface area contributed by atoms with E-state index in [1.807, 2.05) is 29.2 Å². The summed E-state index contributed by atoms with van der Waals surface area (Å²) in [5.74, 6) is -0.281. The van der Waals surface area contributed by atoms with E-state index in [4.69, 9.17) is 10.7 Å². The van der Waals surface area contributed by atoms with Gasteiger partial charge in [0.05, 0.1) is 11.3 Å². The number of primary amides is 1. The Morgan fingerprint density at radius 1 is 1.03 bits per heavy atom. The molecule has 0 aliphatic carbocycles. The third-order valence-corrected chi connectivity index (χ3v) is 5.25. The van der Waals surface area contributed by atoms with Crippen LogP contribution in [0.4, 0.5) is 0 Å². The third kappa shape index (κ3) is 4.16. The number of likely N-dealkylation sites (tertiary alicyclic amines) is 1. The smallest absolute Gasteiger partial charge is 0.255 e. The molecule has 2 amide bonds. The van der Waals surface area contributed by atoms with Crippen molar-refractivity contribution in [1.29, 1.82) is 0 Å². The summed E-state index contributed by atoms with van der Waals surface area (Å²) in [5.41, 5.74) is 9.06. The van der Waals surface area contributed by atoms with Crippen molar-refractivity contribution in [2.75, 3.05) is 13.1 Å². The van der Waals surface area contributed by atoms with E-state index < -0.39 is 5.91 Å². The Hall–Kier alpha value is -3.54. The average Bonchev–Trinajstić information content (AvgIpc) is 2.79. The van der Waals surface area contributed by atoms with Crippen LogP contribution in [0.3, 0.4) is 0 Å². The second-order valence-corrected chi connectivity index (χ2v) is 7.22. The summed E-state index contributed by atoms with van der Waals surface area (Å²) in [4.78, 5) is 35.0. The predicted octanol–water partition coefficient (Wildman–Crippen LogP) is 3.26. The number of nitrogens with two attached hydrogens (primary N) is 1. The minimum atomic E-state index is -0.458. The summed E-state index contributed by atoms with van der Waals surface area (Å²) in [7, 11) is 0. The van der Waals surface area contributed by atoms with Crippen LogP contribution in [-0.4, -0.2) is 39.8 Å². The first-order valence-electron chi connectivity index (χ1n) is 9.68. The number of carbonyl (C=O) groups excluding carboxylic acids is 2. The van der Waals surface area contributed by atoms with Gasteiger partial charge in [-0.15, -0.1) is 0 Å². The lowest BCUT2D eigenvalue weighted by atomic mass is 9.93. The Morgan fingerprint density at radius 3 is 2.66 bits per heavy atom. The van der Waals surface area contributed by atoms with E-state index in [0.29, 0.717) is 17.7 Å². The first kappa shape index (κ1) is 18.8. The fourth-order valence-electron chi connectivity index (χ4n) is 3.75. The fraction of sp³-hybridized carbons (Fsp3) is 0.217. The van der Waals surface area contributed by atoms with Crippen LogP contribution < -0.4 is 5.73 Å². The van der Waals surface area contributed by atoms with Gasteiger partial charge in [-0.05, 0) is 49.2 Å². The first-order chi connectivity index (χ1) is 14.1. The molecule has 6 heteroatoms. The minimum absolute atomic E-state index is 0.00751. The monoisotopic (exact) mass is 386 g/mol. The van der Waals surface area contributed by atoms with Crippen LogP contribution in [-0.2, 0) is 0 Å². The number of pyridine rings is 2. The summed E-state index contributed by atoms with van der Waals surface area (Å²) in [6.07, 6.45) is 5.18. The van der Waals surface area contributed by atoms with Crippen LogP contribution in [0.1, 0.15) is 45.2 Å². The van der Waals surface area contributed by atoms with Crippen LogP contribution in [0.2, 0.25) is 0 Å². The molecule has 1 aliphatic heterocycles. The molecule has 0 spiro atoms. The maximum Gasteiger partial charge on any atom is 0.255 e. The number of hydrogen-bond acceptors (Lipinski definition) is 4. The van der Waals surface area contributed by atoms with E-state index in [2.05, 4.69) is 4.98 Å². The molecule has 1 aromatic carbocycles. The number of piperidine rings is 1. The molecule has 3 aromatic rings. The van der Waals surface area contributed by atoms with Crippen molar-refractivity contribution < 1.29 is 9.59 Å². The molecule has 2 N–H and O–H groups in total. The zero-order chi connectivity index (χ0) is 20.2. The highest BCUT2D eigenvalue weighted by Crippen LogP contribution is 2.28. The number of rotatable bonds is 4. The molecule has 0 bridgehead atoms. The van der Waals surface area contributed by atoms with Crippen LogP contribution in [0, 0.1) is 0 Å². The van der Waals surface area contributed by atoms with E-state index in [1.165, 1.54) is 0 Å². The average molecular weight is 386 g/mol. The van der Waals surface area contributed by atoms with E-state index in [-0.39, 0.29) is 11.8 Å². The molecule has 146 valence electrons. The largest absolute Gasteiger partial charge is 0.366 e. The van der Waals surface area contributed by atoms with Gasteiger partial charge in [0, 0.05) is 48.2 Å². The molecule has 2 aromatic heterocycles. The zero-order valence-electron chi connectivity index (χ0n) is 16.0. The SMILES string of the molecule is NC(=O)c1cccc(-c2cccc([C@@H]3CCCN(C(=O)c4cccnc4)C3)n2)c1. The van der Waals surface area contributed by atoms with Gasteiger partial charge in [0.1, 0.15) is 0 Å². The highest BCUT2D eigenvalue weighted by molar-refractivity contribution is 5.94. The number of nitrogens with zero attached hydrogens (tertiary/aromatic N) is 3. The topological polar surface area (TPSA) is 89.2 Å². The normalized spacial score (nSPS) is 16.4. The van der Waals surface area contributed by atoms with Crippen LogP contribution >= 0.6 is 0 Å². The Balaban J connectivity index is 1.56. The van der Waals surface area contributed by atoms with Gasteiger partial charge in [0.15, 0.2) is 0 Å². The van der Waals surface area contributed by atoms with Crippen molar-refractivity contribution in [2.45, 2.75) is 18.8 Å². The quantitative estimate of drug-likeness (QED) is 0.745. The molecule has 1 fully saturated rings. The summed E-state index contributed by atoms with van der Waals surface area (Å²) in [6.45, 7) is 1.37. The number of carbonyl (C=O) groups is 2. The van der Waals surface area contributed by atoms with Crippen LogP contribution in [0.15, 0.2) is 67.0 Å². The molecule has 0 saturated carbocycles. The molecular weight excluding hydrogens is 364 g/mol. The summed E-state index contributed by atoms with van der Waals surface area (Å²) >= 11 is 0. The Morgan fingerprint density at radius 2 is 1.86 bits per heavy atom. The standard InChI is InChI=1S/C23H22N4O2/c24-22(28)17-6-1-5-16(13-17)20-9-2-10-21(26-20)19-8-4-12-27(15-19)23(29)18-7-3-11-25-14-18/h1-3,5-7,9-11,13-14,19H,4,8,12,15H2,(H2,24,28)/t19-/m1/s1. The molecule has 4 rings (SSSR count). The first-order valence-corrected chi connectivity index (χ1v) is 9.68. The third-order valence-electron chi connectivity index (χ3n) is 5.25. The van der Waals surface area contributed by atoms with E-state index in [0.717, 1.165) is 36.3 Å².